The maximum Gasteiger partial charge on any atom is 0.255 e. The van der Waals surface area contributed by atoms with Gasteiger partial charge in [-0.2, -0.15) is 0 Å². The molecular formula is C16H15BrN2O. The molecule has 0 radical (unpaired) electrons. The third-order valence-electron chi connectivity index (χ3n) is 3.62. The largest absolute Gasteiger partial charge is 0.398 e. The van der Waals surface area contributed by atoms with E-state index in [1.807, 2.05) is 12.1 Å². The SMILES string of the molecule is Nc1ccc(NC(=O)c2ccc3c(c2)CCC3)cc1Br. The van der Waals surface area contributed by atoms with Gasteiger partial charge in [0.2, 0.25) is 0 Å². The smallest absolute Gasteiger partial charge is 0.255 e. The van der Waals surface area contributed by atoms with E-state index in [2.05, 4.69) is 27.3 Å². The number of carbonyl (C=O) groups excluding carboxylic acids is 1. The van der Waals surface area contributed by atoms with Crippen LogP contribution in [0, 0.1) is 0 Å². The van der Waals surface area contributed by atoms with Crippen molar-refractivity contribution in [1.82, 2.24) is 0 Å². The number of nitrogen functional groups attached to an aromatic ring is 1. The van der Waals surface area contributed by atoms with Crippen molar-refractivity contribution in [3.63, 3.8) is 0 Å². The summed E-state index contributed by atoms with van der Waals surface area (Å²) in [6, 6.07) is 11.3. The lowest BCUT2D eigenvalue weighted by molar-refractivity contribution is 0.102. The summed E-state index contributed by atoms with van der Waals surface area (Å²) in [7, 11) is 0. The van der Waals surface area contributed by atoms with Crippen molar-refractivity contribution in [2.75, 3.05) is 11.1 Å². The van der Waals surface area contributed by atoms with E-state index in [0.29, 0.717) is 11.3 Å². The van der Waals surface area contributed by atoms with E-state index in [1.165, 1.54) is 17.5 Å². The summed E-state index contributed by atoms with van der Waals surface area (Å²) in [4.78, 5) is 12.3. The fourth-order valence-electron chi connectivity index (χ4n) is 2.52. The summed E-state index contributed by atoms with van der Waals surface area (Å²) in [6.07, 6.45) is 3.39. The standard InChI is InChI=1S/C16H15BrN2O/c17-14-9-13(6-7-15(14)18)19-16(20)12-5-4-10-2-1-3-11(10)8-12/h4-9H,1-3,18H2,(H,19,20). The van der Waals surface area contributed by atoms with Gasteiger partial charge in [-0.1, -0.05) is 6.07 Å². The van der Waals surface area contributed by atoms with Crippen LogP contribution in [0.25, 0.3) is 0 Å². The van der Waals surface area contributed by atoms with Crippen LogP contribution in [0.4, 0.5) is 11.4 Å². The molecule has 0 aromatic heterocycles. The molecule has 0 saturated heterocycles. The number of hydrogen-bond acceptors (Lipinski definition) is 2. The summed E-state index contributed by atoms with van der Waals surface area (Å²) < 4.78 is 0.782. The molecule has 0 aliphatic heterocycles. The van der Waals surface area contributed by atoms with E-state index < -0.39 is 0 Å². The van der Waals surface area contributed by atoms with Gasteiger partial charge in [0.1, 0.15) is 0 Å². The average molecular weight is 331 g/mol. The maximum absolute atomic E-state index is 12.3. The third-order valence-corrected chi connectivity index (χ3v) is 4.31. The second kappa shape index (κ2) is 5.29. The molecule has 3 rings (SSSR count). The van der Waals surface area contributed by atoms with Gasteiger partial charge in [-0.05, 0) is 76.7 Å². The maximum atomic E-state index is 12.3. The van der Waals surface area contributed by atoms with Crippen LogP contribution in [-0.4, -0.2) is 5.91 Å². The monoisotopic (exact) mass is 330 g/mol. The molecule has 1 aliphatic rings. The van der Waals surface area contributed by atoms with Crippen molar-refractivity contribution in [3.8, 4) is 0 Å². The number of anilines is 2. The highest BCUT2D eigenvalue weighted by Gasteiger charge is 2.14. The summed E-state index contributed by atoms with van der Waals surface area (Å²) >= 11 is 3.36. The molecule has 2 aromatic rings. The zero-order valence-electron chi connectivity index (χ0n) is 10.9. The van der Waals surface area contributed by atoms with Gasteiger partial charge in [0.05, 0.1) is 0 Å². The molecule has 3 N–H and O–H groups in total. The highest BCUT2D eigenvalue weighted by Crippen LogP contribution is 2.25. The van der Waals surface area contributed by atoms with E-state index in [9.17, 15) is 4.79 Å². The first-order valence-corrected chi connectivity index (χ1v) is 7.41. The van der Waals surface area contributed by atoms with E-state index in [-0.39, 0.29) is 5.91 Å². The molecule has 4 heteroatoms. The Labute approximate surface area is 126 Å². The first-order chi connectivity index (χ1) is 9.63. The second-order valence-corrected chi connectivity index (χ2v) is 5.88. The number of amides is 1. The Hall–Kier alpha value is -1.81. The molecule has 0 spiro atoms. The molecular weight excluding hydrogens is 316 g/mol. The van der Waals surface area contributed by atoms with E-state index in [4.69, 9.17) is 5.73 Å². The molecule has 0 unspecified atom stereocenters. The zero-order chi connectivity index (χ0) is 14.1. The van der Waals surface area contributed by atoms with Crippen molar-refractivity contribution in [2.45, 2.75) is 19.3 Å². The van der Waals surface area contributed by atoms with Gasteiger partial charge in [-0.15, -0.1) is 0 Å². The zero-order valence-corrected chi connectivity index (χ0v) is 12.5. The van der Waals surface area contributed by atoms with Crippen LogP contribution in [-0.2, 0) is 12.8 Å². The van der Waals surface area contributed by atoms with Crippen molar-refractivity contribution in [2.24, 2.45) is 0 Å². The molecule has 0 bridgehead atoms. The molecule has 2 aromatic carbocycles. The number of hydrogen-bond donors (Lipinski definition) is 2. The predicted molar refractivity (Wildman–Crippen MR) is 85.0 cm³/mol. The molecule has 0 atom stereocenters. The fourth-order valence-corrected chi connectivity index (χ4v) is 2.90. The topological polar surface area (TPSA) is 55.1 Å². The van der Waals surface area contributed by atoms with Gasteiger partial charge in [0.15, 0.2) is 0 Å². The van der Waals surface area contributed by atoms with Gasteiger partial charge in [-0.3, -0.25) is 4.79 Å². The fraction of sp³-hybridized carbons (Fsp3) is 0.188. The minimum atomic E-state index is -0.0867. The van der Waals surface area contributed by atoms with Crippen LogP contribution in [0.3, 0.4) is 0 Å². The van der Waals surface area contributed by atoms with Crippen LogP contribution in [0.15, 0.2) is 40.9 Å². The Morgan fingerprint density at radius 3 is 2.70 bits per heavy atom. The Morgan fingerprint density at radius 2 is 1.90 bits per heavy atom. The molecule has 1 amide bonds. The van der Waals surface area contributed by atoms with Gasteiger partial charge < -0.3 is 11.1 Å². The number of nitrogens with two attached hydrogens (primary N) is 1. The van der Waals surface area contributed by atoms with Crippen molar-refractivity contribution >= 4 is 33.2 Å². The molecule has 0 saturated carbocycles. The van der Waals surface area contributed by atoms with Crippen LogP contribution in [0.2, 0.25) is 0 Å². The Kier molecular flexibility index (Phi) is 3.49. The Balaban J connectivity index is 1.80. The number of halogens is 1. The number of carbonyl (C=O) groups is 1. The number of rotatable bonds is 2. The highest BCUT2D eigenvalue weighted by molar-refractivity contribution is 9.10. The number of benzene rings is 2. The van der Waals surface area contributed by atoms with Gasteiger partial charge in [0.25, 0.3) is 5.91 Å². The van der Waals surface area contributed by atoms with Gasteiger partial charge in [-0.25, -0.2) is 0 Å². The van der Waals surface area contributed by atoms with Crippen molar-refractivity contribution < 1.29 is 4.79 Å². The Bertz CT molecular complexity index is 682. The van der Waals surface area contributed by atoms with Crippen LogP contribution < -0.4 is 11.1 Å². The van der Waals surface area contributed by atoms with Gasteiger partial charge in [0, 0.05) is 21.4 Å². The summed E-state index contributed by atoms with van der Waals surface area (Å²) in [5.74, 6) is -0.0867. The molecule has 1 aliphatic carbocycles. The highest BCUT2D eigenvalue weighted by atomic mass is 79.9. The molecule has 20 heavy (non-hydrogen) atoms. The Morgan fingerprint density at radius 1 is 1.10 bits per heavy atom. The number of aryl methyl sites for hydroxylation is 2. The predicted octanol–water partition coefficient (Wildman–Crippen LogP) is 3.77. The third kappa shape index (κ3) is 2.56. The number of nitrogens with one attached hydrogen (secondary N) is 1. The second-order valence-electron chi connectivity index (χ2n) is 5.03. The van der Waals surface area contributed by atoms with Crippen LogP contribution >= 0.6 is 15.9 Å². The van der Waals surface area contributed by atoms with E-state index >= 15 is 0 Å². The number of fused-ring (bicyclic) bond motifs is 1. The van der Waals surface area contributed by atoms with E-state index in [1.54, 1.807) is 18.2 Å². The molecule has 3 nitrogen and oxygen atoms in total. The lowest BCUT2D eigenvalue weighted by Crippen LogP contribution is -2.12. The minimum Gasteiger partial charge on any atom is -0.398 e. The minimum absolute atomic E-state index is 0.0867. The normalized spacial score (nSPS) is 13.1. The summed E-state index contributed by atoms with van der Waals surface area (Å²) in [6.45, 7) is 0. The first kappa shape index (κ1) is 13.2. The van der Waals surface area contributed by atoms with Crippen molar-refractivity contribution in [1.29, 1.82) is 0 Å². The molecule has 102 valence electrons. The summed E-state index contributed by atoms with van der Waals surface area (Å²) in [5.41, 5.74) is 10.5. The molecule has 0 heterocycles. The lowest BCUT2D eigenvalue weighted by atomic mass is 10.1. The quantitative estimate of drug-likeness (QED) is 0.823. The lowest BCUT2D eigenvalue weighted by Gasteiger charge is -2.08. The van der Waals surface area contributed by atoms with Gasteiger partial charge >= 0.3 is 0 Å². The molecule has 0 fully saturated rings. The van der Waals surface area contributed by atoms with Crippen LogP contribution in [0.1, 0.15) is 27.9 Å². The van der Waals surface area contributed by atoms with Crippen molar-refractivity contribution in [3.05, 3.63) is 57.6 Å². The first-order valence-electron chi connectivity index (χ1n) is 6.61. The summed E-state index contributed by atoms with van der Waals surface area (Å²) in [5, 5.41) is 2.89. The van der Waals surface area contributed by atoms with E-state index in [0.717, 1.165) is 23.0 Å². The van der Waals surface area contributed by atoms with Crippen LogP contribution in [0.5, 0.6) is 0 Å². The average Bonchev–Trinajstić information content (AvgIpc) is 2.90.